The molecule has 0 saturated heterocycles. The second kappa shape index (κ2) is 7.41. The van der Waals surface area contributed by atoms with Crippen LogP contribution in [0.2, 0.25) is 0 Å². The number of nitrogens with one attached hydrogen (secondary N) is 1. The normalized spacial score (nSPS) is 11.5. The Morgan fingerprint density at radius 3 is 2.45 bits per heavy atom. The first-order valence-corrected chi connectivity index (χ1v) is 7.09. The fourth-order valence-corrected chi connectivity index (χ4v) is 2.22. The van der Waals surface area contributed by atoms with Crippen molar-refractivity contribution in [3.8, 4) is 0 Å². The van der Waals surface area contributed by atoms with Crippen molar-refractivity contribution >= 4 is 11.9 Å². The van der Waals surface area contributed by atoms with Crippen molar-refractivity contribution < 1.29 is 14.3 Å². The van der Waals surface area contributed by atoms with Crippen LogP contribution in [0.3, 0.4) is 0 Å². The summed E-state index contributed by atoms with van der Waals surface area (Å²) in [6.45, 7) is 1.93. The molecule has 2 aromatic carbocycles. The van der Waals surface area contributed by atoms with Gasteiger partial charge in [0.1, 0.15) is 0 Å². The lowest BCUT2D eigenvalue weighted by Crippen LogP contribution is -2.30. The molecule has 0 heterocycles. The van der Waals surface area contributed by atoms with Crippen LogP contribution in [0.15, 0.2) is 54.6 Å². The first-order valence-electron chi connectivity index (χ1n) is 7.09. The van der Waals surface area contributed by atoms with Crippen LogP contribution in [0.5, 0.6) is 0 Å². The minimum atomic E-state index is -0.415. The Labute approximate surface area is 130 Å². The van der Waals surface area contributed by atoms with E-state index in [2.05, 4.69) is 5.32 Å². The lowest BCUT2D eigenvalue weighted by molar-refractivity contribution is -0.141. The Hall–Kier alpha value is -2.62. The van der Waals surface area contributed by atoms with Crippen LogP contribution < -0.4 is 5.32 Å². The maximum atomic E-state index is 12.4. The molecule has 0 unspecified atom stereocenters. The molecule has 0 aliphatic carbocycles. The van der Waals surface area contributed by atoms with Crippen molar-refractivity contribution in [2.24, 2.45) is 0 Å². The van der Waals surface area contributed by atoms with Crippen molar-refractivity contribution in [3.63, 3.8) is 0 Å². The number of rotatable bonds is 5. The quantitative estimate of drug-likeness (QED) is 0.863. The highest BCUT2D eigenvalue weighted by Crippen LogP contribution is 2.18. The molecule has 0 saturated carbocycles. The summed E-state index contributed by atoms with van der Waals surface area (Å²) in [4.78, 5) is 24.0. The predicted molar refractivity (Wildman–Crippen MR) is 84.5 cm³/mol. The Morgan fingerprint density at radius 1 is 1.09 bits per heavy atom. The minimum absolute atomic E-state index is 0.0953. The number of methoxy groups -OCH3 is 1. The van der Waals surface area contributed by atoms with Gasteiger partial charge in [-0.1, -0.05) is 48.0 Å². The molecule has 2 aromatic rings. The highest BCUT2D eigenvalue weighted by atomic mass is 16.5. The summed E-state index contributed by atoms with van der Waals surface area (Å²) in [5, 5.41) is 2.90. The number of aryl methyl sites for hydroxylation is 1. The molecule has 0 radical (unpaired) electrons. The summed E-state index contributed by atoms with van der Waals surface area (Å²) in [6, 6.07) is 16.3. The Balaban J connectivity index is 2.19. The first kappa shape index (κ1) is 15.8. The molecule has 0 aliphatic heterocycles. The van der Waals surface area contributed by atoms with E-state index in [1.807, 2.05) is 55.5 Å². The van der Waals surface area contributed by atoms with Gasteiger partial charge in [-0.15, -0.1) is 0 Å². The molecule has 114 valence electrons. The summed E-state index contributed by atoms with van der Waals surface area (Å²) < 4.78 is 4.72. The molecule has 22 heavy (non-hydrogen) atoms. The standard InChI is InChI=1S/C18H19NO3/c1-13-7-6-10-15(11-13)18(21)19-16(12-17(20)22-2)14-8-4-3-5-9-14/h3-11,16H,12H2,1-2H3,(H,19,21)/t16-/m0/s1. The van der Waals surface area contributed by atoms with Crippen molar-refractivity contribution in [3.05, 3.63) is 71.3 Å². The number of hydrogen-bond acceptors (Lipinski definition) is 3. The molecule has 0 fully saturated rings. The van der Waals surface area contributed by atoms with Crippen LogP contribution in [0.25, 0.3) is 0 Å². The maximum Gasteiger partial charge on any atom is 0.307 e. The van der Waals surface area contributed by atoms with Gasteiger partial charge in [-0.05, 0) is 24.6 Å². The van der Waals surface area contributed by atoms with Crippen LogP contribution in [0, 0.1) is 6.92 Å². The van der Waals surface area contributed by atoms with E-state index in [9.17, 15) is 9.59 Å². The van der Waals surface area contributed by atoms with Gasteiger partial charge in [0.2, 0.25) is 0 Å². The molecule has 0 aliphatic rings. The second-order valence-electron chi connectivity index (χ2n) is 5.09. The van der Waals surface area contributed by atoms with Gasteiger partial charge < -0.3 is 10.1 Å². The number of benzene rings is 2. The Bertz CT molecular complexity index is 652. The topological polar surface area (TPSA) is 55.4 Å². The molecule has 2 rings (SSSR count). The largest absolute Gasteiger partial charge is 0.469 e. The van der Waals surface area contributed by atoms with Gasteiger partial charge in [0.15, 0.2) is 0 Å². The fourth-order valence-electron chi connectivity index (χ4n) is 2.22. The number of hydrogen-bond donors (Lipinski definition) is 1. The van der Waals surface area contributed by atoms with Gasteiger partial charge >= 0.3 is 5.97 Å². The number of amides is 1. The average molecular weight is 297 g/mol. The second-order valence-corrected chi connectivity index (χ2v) is 5.09. The molecule has 0 bridgehead atoms. The first-order chi connectivity index (χ1) is 10.6. The van der Waals surface area contributed by atoms with Crippen LogP contribution in [-0.4, -0.2) is 19.0 Å². The van der Waals surface area contributed by atoms with E-state index in [1.54, 1.807) is 6.07 Å². The summed E-state index contributed by atoms with van der Waals surface area (Å²) in [7, 11) is 1.34. The van der Waals surface area contributed by atoms with Crippen molar-refractivity contribution in [2.75, 3.05) is 7.11 Å². The van der Waals surface area contributed by atoms with Crippen molar-refractivity contribution in [2.45, 2.75) is 19.4 Å². The number of carbonyl (C=O) groups is 2. The van der Waals surface area contributed by atoms with E-state index in [4.69, 9.17) is 4.74 Å². The molecule has 0 aromatic heterocycles. The minimum Gasteiger partial charge on any atom is -0.469 e. The molecular weight excluding hydrogens is 278 g/mol. The maximum absolute atomic E-state index is 12.4. The van der Waals surface area contributed by atoms with Crippen LogP contribution >= 0.6 is 0 Å². The van der Waals surface area contributed by atoms with Crippen LogP contribution in [0.1, 0.15) is 33.9 Å². The van der Waals surface area contributed by atoms with E-state index in [1.165, 1.54) is 7.11 Å². The lowest BCUT2D eigenvalue weighted by atomic mass is 10.0. The third-order valence-electron chi connectivity index (χ3n) is 3.39. The van der Waals surface area contributed by atoms with Crippen molar-refractivity contribution in [1.82, 2.24) is 5.32 Å². The van der Waals surface area contributed by atoms with Crippen molar-refractivity contribution in [1.29, 1.82) is 0 Å². The smallest absolute Gasteiger partial charge is 0.307 e. The van der Waals surface area contributed by atoms with Gasteiger partial charge in [-0.2, -0.15) is 0 Å². The van der Waals surface area contributed by atoms with Gasteiger partial charge in [-0.3, -0.25) is 9.59 Å². The number of esters is 1. The highest BCUT2D eigenvalue weighted by molar-refractivity contribution is 5.94. The van der Waals surface area contributed by atoms with E-state index >= 15 is 0 Å². The molecule has 4 heteroatoms. The highest BCUT2D eigenvalue weighted by Gasteiger charge is 2.19. The summed E-state index contributed by atoms with van der Waals surface area (Å²) in [5.74, 6) is -0.570. The zero-order chi connectivity index (χ0) is 15.9. The zero-order valence-electron chi connectivity index (χ0n) is 12.7. The predicted octanol–water partition coefficient (Wildman–Crippen LogP) is 3.03. The molecular formula is C18H19NO3. The Kier molecular flexibility index (Phi) is 5.31. The Morgan fingerprint density at radius 2 is 1.82 bits per heavy atom. The third-order valence-corrected chi connectivity index (χ3v) is 3.39. The number of ether oxygens (including phenoxy) is 1. The average Bonchev–Trinajstić information content (AvgIpc) is 2.54. The van der Waals surface area contributed by atoms with E-state index in [0.717, 1.165) is 11.1 Å². The lowest BCUT2D eigenvalue weighted by Gasteiger charge is -2.18. The summed E-state index contributed by atoms with van der Waals surface area (Å²) >= 11 is 0. The fraction of sp³-hybridized carbons (Fsp3) is 0.222. The van der Waals surface area contributed by atoms with Gasteiger partial charge in [0.25, 0.3) is 5.91 Å². The molecule has 0 spiro atoms. The van der Waals surface area contributed by atoms with Crippen LogP contribution in [-0.2, 0) is 9.53 Å². The van der Waals surface area contributed by atoms with Gasteiger partial charge in [0.05, 0.1) is 19.6 Å². The van der Waals surface area contributed by atoms with E-state index in [0.29, 0.717) is 5.56 Å². The summed E-state index contributed by atoms with van der Waals surface area (Å²) in [6.07, 6.45) is 0.0953. The SMILES string of the molecule is COC(=O)C[C@H](NC(=O)c1cccc(C)c1)c1ccccc1. The molecule has 4 nitrogen and oxygen atoms in total. The van der Waals surface area contributed by atoms with E-state index < -0.39 is 6.04 Å². The third kappa shape index (κ3) is 4.19. The molecule has 1 amide bonds. The molecule has 1 atom stereocenters. The van der Waals surface area contributed by atoms with Gasteiger partial charge in [0, 0.05) is 5.56 Å². The zero-order valence-corrected chi connectivity index (χ0v) is 12.7. The monoisotopic (exact) mass is 297 g/mol. The number of carbonyl (C=O) groups excluding carboxylic acids is 2. The van der Waals surface area contributed by atoms with Crippen LogP contribution in [0.4, 0.5) is 0 Å². The van der Waals surface area contributed by atoms with Gasteiger partial charge in [-0.25, -0.2) is 0 Å². The van der Waals surface area contributed by atoms with E-state index in [-0.39, 0.29) is 18.3 Å². The summed E-state index contributed by atoms with van der Waals surface area (Å²) in [5.41, 5.74) is 2.46. The molecule has 1 N–H and O–H groups in total.